The van der Waals surface area contributed by atoms with E-state index >= 15 is 0 Å². The lowest BCUT2D eigenvalue weighted by Gasteiger charge is -2.14. The molecule has 0 saturated heterocycles. The van der Waals surface area contributed by atoms with Crippen molar-refractivity contribution in [3.63, 3.8) is 0 Å². The van der Waals surface area contributed by atoms with Crippen LogP contribution in [0, 0.1) is 0 Å². The van der Waals surface area contributed by atoms with Gasteiger partial charge in [-0.3, -0.25) is 14.2 Å². The first-order valence-corrected chi connectivity index (χ1v) is 7.63. The summed E-state index contributed by atoms with van der Waals surface area (Å²) >= 11 is 0. The maximum atomic E-state index is 12.8. The Morgan fingerprint density at radius 1 is 1.04 bits per heavy atom. The fourth-order valence-electron chi connectivity index (χ4n) is 2.73. The second-order valence-corrected chi connectivity index (χ2v) is 5.79. The molecule has 4 rings (SSSR count). The summed E-state index contributed by atoms with van der Waals surface area (Å²) in [5.41, 5.74) is 0.321. The van der Waals surface area contributed by atoms with Crippen LogP contribution in [0.3, 0.4) is 0 Å². The van der Waals surface area contributed by atoms with Crippen molar-refractivity contribution in [2.75, 3.05) is 0 Å². The molecular formula is C15H14N8O2. The summed E-state index contributed by atoms with van der Waals surface area (Å²) in [5, 5.41) is 16.6. The molecule has 0 bridgehead atoms. The van der Waals surface area contributed by atoms with Crippen molar-refractivity contribution in [1.29, 1.82) is 0 Å². The smallest absolute Gasteiger partial charge is 0.277 e. The summed E-state index contributed by atoms with van der Waals surface area (Å²) in [6.07, 6.45) is 4.64. The zero-order chi connectivity index (χ0) is 17.6. The average Bonchev–Trinajstić information content (AvgIpc) is 3.11. The Bertz CT molecular complexity index is 1190. The lowest BCUT2D eigenvalue weighted by Crippen LogP contribution is -2.27. The molecule has 1 aromatic carbocycles. The number of hydrogen-bond acceptors (Lipinski definition) is 7. The first-order chi connectivity index (χ1) is 12.0. The predicted molar refractivity (Wildman–Crippen MR) is 89.1 cm³/mol. The van der Waals surface area contributed by atoms with Crippen molar-refractivity contribution in [2.45, 2.75) is 19.5 Å². The van der Waals surface area contributed by atoms with Crippen LogP contribution in [0.2, 0.25) is 0 Å². The minimum Gasteiger partial charge on any atom is -0.294 e. The molecule has 0 spiro atoms. The minimum absolute atomic E-state index is 0.192. The Balaban J connectivity index is 1.87. The van der Waals surface area contributed by atoms with Crippen LogP contribution in [0.5, 0.6) is 0 Å². The first-order valence-electron chi connectivity index (χ1n) is 7.63. The van der Waals surface area contributed by atoms with E-state index in [9.17, 15) is 9.59 Å². The number of rotatable bonds is 3. The van der Waals surface area contributed by atoms with Gasteiger partial charge in [-0.15, -0.1) is 5.10 Å². The Morgan fingerprint density at radius 2 is 1.72 bits per heavy atom. The maximum absolute atomic E-state index is 12.8. The molecule has 4 aromatic rings. The summed E-state index contributed by atoms with van der Waals surface area (Å²) in [6.45, 7) is 2.32. The van der Waals surface area contributed by atoms with Gasteiger partial charge in [-0.05, 0) is 19.1 Å². The van der Waals surface area contributed by atoms with Crippen molar-refractivity contribution < 1.29 is 0 Å². The van der Waals surface area contributed by atoms with Crippen LogP contribution < -0.4 is 11.1 Å². The van der Waals surface area contributed by atoms with Gasteiger partial charge in [-0.25, -0.2) is 9.67 Å². The van der Waals surface area contributed by atoms with E-state index in [2.05, 4.69) is 25.5 Å². The van der Waals surface area contributed by atoms with Gasteiger partial charge in [0.05, 0.1) is 47.6 Å². The molecule has 0 unspecified atom stereocenters. The average molecular weight is 338 g/mol. The molecule has 0 N–H and O–H groups in total. The van der Waals surface area contributed by atoms with Gasteiger partial charge < -0.3 is 0 Å². The quantitative estimate of drug-likeness (QED) is 0.479. The van der Waals surface area contributed by atoms with Crippen molar-refractivity contribution in [1.82, 2.24) is 39.5 Å². The van der Waals surface area contributed by atoms with E-state index in [-0.39, 0.29) is 17.2 Å². The molecule has 0 fully saturated rings. The third-order valence-corrected chi connectivity index (χ3v) is 4.08. The topological polar surface area (TPSA) is 113 Å². The van der Waals surface area contributed by atoms with Gasteiger partial charge in [0.15, 0.2) is 0 Å². The Labute approximate surface area is 140 Å². The van der Waals surface area contributed by atoms with E-state index < -0.39 is 0 Å². The highest BCUT2D eigenvalue weighted by Crippen LogP contribution is 2.15. The number of fused-ring (bicyclic) bond motifs is 2. The molecule has 3 heterocycles. The molecule has 0 aliphatic rings. The molecule has 25 heavy (non-hydrogen) atoms. The monoisotopic (exact) mass is 338 g/mol. The van der Waals surface area contributed by atoms with E-state index in [4.69, 9.17) is 0 Å². The fraction of sp³-hybridized carbons (Fsp3) is 0.267. The normalized spacial score (nSPS) is 12.7. The molecule has 0 aliphatic carbocycles. The van der Waals surface area contributed by atoms with Crippen LogP contribution in [0.25, 0.3) is 21.8 Å². The lowest BCUT2D eigenvalue weighted by molar-refractivity contribution is 0.395. The number of hydrogen-bond donors (Lipinski definition) is 0. The van der Waals surface area contributed by atoms with Crippen LogP contribution >= 0.6 is 0 Å². The van der Waals surface area contributed by atoms with Crippen LogP contribution in [0.15, 0.2) is 40.4 Å². The number of aryl methyl sites for hydroxylation is 1. The fourth-order valence-corrected chi connectivity index (χ4v) is 2.73. The maximum Gasteiger partial charge on any atom is 0.277 e. The van der Waals surface area contributed by atoms with E-state index in [1.54, 1.807) is 24.5 Å². The second-order valence-electron chi connectivity index (χ2n) is 5.79. The predicted octanol–water partition coefficient (Wildman–Crippen LogP) is -0.109. The molecular weight excluding hydrogens is 324 g/mol. The summed E-state index contributed by atoms with van der Waals surface area (Å²) < 4.78 is 2.67. The summed E-state index contributed by atoms with van der Waals surface area (Å²) in [6, 6.07) is 2.94. The minimum atomic E-state index is -0.281. The molecule has 126 valence electrons. The van der Waals surface area contributed by atoms with Gasteiger partial charge in [0, 0.05) is 7.05 Å². The summed E-state index contributed by atoms with van der Waals surface area (Å²) in [4.78, 5) is 30.8. The van der Waals surface area contributed by atoms with Gasteiger partial charge in [0.1, 0.15) is 5.52 Å². The largest absolute Gasteiger partial charge is 0.294 e. The van der Waals surface area contributed by atoms with Crippen LogP contribution in [0.1, 0.15) is 13.0 Å². The zero-order valence-electron chi connectivity index (χ0n) is 13.6. The molecule has 3 aromatic heterocycles. The van der Waals surface area contributed by atoms with Crippen LogP contribution in [0.4, 0.5) is 0 Å². The van der Waals surface area contributed by atoms with E-state index in [1.165, 1.54) is 22.7 Å². The summed E-state index contributed by atoms with van der Waals surface area (Å²) in [7, 11) is 1.52. The van der Waals surface area contributed by atoms with Crippen LogP contribution in [-0.4, -0.2) is 39.5 Å². The number of benzene rings is 1. The molecule has 0 saturated carbocycles. The van der Waals surface area contributed by atoms with Crippen molar-refractivity contribution in [2.24, 2.45) is 7.05 Å². The second kappa shape index (κ2) is 5.58. The van der Waals surface area contributed by atoms with E-state index in [0.29, 0.717) is 28.4 Å². The third kappa shape index (κ3) is 2.47. The molecule has 1 atom stereocenters. The Kier molecular flexibility index (Phi) is 3.38. The van der Waals surface area contributed by atoms with Gasteiger partial charge in [0.2, 0.25) is 0 Å². The van der Waals surface area contributed by atoms with E-state index in [0.717, 1.165) is 4.68 Å². The zero-order valence-corrected chi connectivity index (χ0v) is 13.6. The molecule has 0 amide bonds. The lowest BCUT2D eigenvalue weighted by atomic mass is 10.1. The van der Waals surface area contributed by atoms with Gasteiger partial charge in [-0.1, -0.05) is 5.21 Å². The summed E-state index contributed by atoms with van der Waals surface area (Å²) in [5.74, 6) is 0. The molecule has 0 aliphatic heterocycles. The van der Waals surface area contributed by atoms with Crippen molar-refractivity contribution >= 4 is 21.8 Å². The van der Waals surface area contributed by atoms with Gasteiger partial charge in [0.25, 0.3) is 11.1 Å². The highest BCUT2D eigenvalue weighted by atomic mass is 16.1. The standard InChI is InChI=1S/C15H14N8O2/c1-9(7-23-17-3-4-18-23)22-8-16-12-5-11-13(6-10(12)15(22)25)19-20-21(2)14(11)24/h3-6,8-9H,7H2,1-2H3/t9-/m1/s1. The van der Waals surface area contributed by atoms with E-state index in [1.807, 2.05) is 6.92 Å². The Morgan fingerprint density at radius 3 is 2.48 bits per heavy atom. The van der Waals surface area contributed by atoms with Crippen LogP contribution in [-0.2, 0) is 13.6 Å². The number of aromatic nitrogens is 8. The molecule has 10 heteroatoms. The SMILES string of the molecule is C[C@H](Cn1nccn1)n1cnc2cc3c(=O)n(C)nnc3cc2c1=O. The molecule has 0 radical (unpaired) electrons. The Hall–Kier alpha value is -3.43. The van der Waals surface area contributed by atoms with Gasteiger partial charge >= 0.3 is 0 Å². The third-order valence-electron chi connectivity index (χ3n) is 4.08. The van der Waals surface area contributed by atoms with Gasteiger partial charge in [-0.2, -0.15) is 15.0 Å². The highest BCUT2D eigenvalue weighted by Gasteiger charge is 2.14. The van der Waals surface area contributed by atoms with Crippen molar-refractivity contribution in [3.05, 3.63) is 51.6 Å². The number of nitrogens with zero attached hydrogens (tertiary/aromatic N) is 8. The highest BCUT2D eigenvalue weighted by molar-refractivity contribution is 5.93. The first kappa shape index (κ1) is 15.1. The van der Waals surface area contributed by atoms with Crippen molar-refractivity contribution in [3.8, 4) is 0 Å². The molecule has 10 nitrogen and oxygen atoms in total.